The molecule has 2 aromatic heterocycles. The predicted molar refractivity (Wildman–Crippen MR) is 72.0 cm³/mol. The van der Waals surface area contributed by atoms with E-state index in [1.807, 2.05) is 17.5 Å². The quantitative estimate of drug-likeness (QED) is 0.915. The van der Waals surface area contributed by atoms with Crippen LogP contribution in [0.5, 0.6) is 0 Å². The lowest BCUT2D eigenvalue weighted by molar-refractivity contribution is 0.0969. The van der Waals surface area contributed by atoms with Crippen LogP contribution in [0, 0.1) is 0 Å². The summed E-state index contributed by atoms with van der Waals surface area (Å²) in [6, 6.07) is 5.48. The van der Waals surface area contributed by atoms with Crippen molar-refractivity contribution in [2.75, 3.05) is 12.3 Å². The molecule has 1 aliphatic heterocycles. The summed E-state index contributed by atoms with van der Waals surface area (Å²) >= 11 is 3.07. The van der Waals surface area contributed by atoms with E-state index in [1.54, 1.807) is 17.4 Å². The Morgan fingerprint density at radius 1 is 1.50 bits per heavy atom. The van der Waals surface area contributed by atoms with Crippen LogP contribution in [0.25, 0.3) is 10.6 Å². The van der Waals surface area contributed by atoms with Crippen LogP contribution in [0.1, 0.15) is 10.5 Å². The summed E-state index contributed by atoms with van der Waals surface area (Å²) in [5.74, 6) is 1.24. The minimum Gasteiger partial charge on any atom is -0.355 e. The number of hydrogen-bond acceptors (Lipinski definition) is 6. The summed E-state index contributed by atoms with van der Waals surface area (Å²) in [5.41, 5.74) is 0.272. The number of rotatable bonds is 2. The molecule has 3 heterocycles. The van der Waals surface area contributed by atoms with Crippen molar-refractivity contribution in [1.29, 1.82) is 0 Å². The average molecular weight is 279 g/mol. The molecule has 1 aliphatic rings. The van der Waals surface area contributed by atoms with Gasteiger partial charge in [0.15, 0.2) is 16.6 Å². The summed E-state index contributed by atoms with van der Waals surface area (Å²) in [6.45, 7) is 0.750. The first kappa shape index (κ1) is 11.5. The molecule has 0 atom stereocenters. The molecule has 1 N–H and O–H groups in total. The summed E-state index contributed by atoms with van der Waals surface area (Å²) in [5, 5.41) is 9.08. The first-order chi connectivity index (χ1) is 8.83. The van der Waals surface area contributed by atoms with Crippen LogP contribution < -0.4 is 5.32 Å². The van der Waals surface area contributed by atoms with E-state index in [0.29, 0.717) is 10.9 Å². The van der Waals surface area contributed by atoms with Gasteiger partial charge in [0.05, 0.1) is 11.4 Å². The van der Waals surface area contributed by atoms with E-state index < -0.39 is 0 Å². The molecule has 0 bridgehead atoms. The maximum absolute atomic E-state index is 11.9. The van der Waals surface area contributed by atoms with Crippen LogP contribution in [-0.4, -0.2) is 28.5 Å². The number of carbonyl (C=O) groups excluding carboxylic acids is 1. The van der Waals surface area contributed by atoms with Crippen LogP contribution >= 0.6 is 23.1 Å². The lowest BCUT2D eigenvalue weighted by Gasteiger charge is -1.98. The fourth-order valence-corrected chi connectivity index (χ4v) is 2.89. The van der Waals surface area contributed by atoms with E-state index in [0.717, 1.165) is 17.2 Å². The molecule has 0 saturated carbocycles. The van der Waals surface area contributed by atoms with Gasteiger partial charge in [0.1, 0.15) is 0 Å². The highest BCUT2D eigenvalue weighted by Crippen LogP contribution is 2.25. The van der Waals surface area contributed by atoms with Crippen molar-refractivity contribution in [3.63, 3.8) is 0 Å². The monoisotopic (exact) mass is 279 g/mol. The van der Waals surface area contributed by atoms with Crippen molar-refractivity contribution in [1.82, 2.24) is 10.5 Å². The molecule has 0 spiro atoms. The molecule has 2 aromatic rings. The summed E-state index contributed by atoms with van der Waals surface area (Å²) < 4.78 is 5.15. The van der Waals surface area contributed by atoms with E-state index in [4.69, 9.17) is 4.52 Å². The predicted octanol–water partition coefficient (Wildman–Crippen LogP) is 2.24. The van der Waals surface area contributed by atoms with Crippen molar-refractivity contribution < 1.29 is 9.32 Å². The third-order valence-corrected chi connectivity index (χ3v) is 4.09. The third-order valence-electron chi connectivity index (χ3n) is 2.31. The zero-order chi connectivity index (χ0) is 12.4. The van der Waals surface area contributed by atoms with E-state index >= 15 is 0 Å². The van der Waals surface area contributed by atoms with Crippen molar-refractivity contribution in [2.24, 2.45) is 4.99 Å². The molecule has 0 saturated heterocycles. The van der Waals surface area contributed by atoms with E-state index in [9.17, 15) is 4.79 Å². The standard InChI is InChI=1S/C11H9N3O2S2/c15-10(13-11-12-3-5-18-11)7-6-8(16-14-7)9-2-1-4-17-9/h1-2,4,6H,3,5H2,(H,12,13,15). The van der Waals surface area contributed by atoms with E-state index in [1.165, 1.54) is 11.8 Å². The molecule has 0 radical (unpaired) electrons. The molecule has 0 fully saturated rings. The molecular weight excluding hydrogens is 270 g/mol. The second kappa shape index (κ2) is 4.95. The Morgan fingerprint density at radius 3 is 3.17 bits per heavy atom. The van der Waals surface area contributed by atoms with Gasteiger partial charge >= 0.3 is 0 Å². The van der Waals surface area contributed by atoms with Crippen molar-refractivity contribution in [3.8, 4) is 10.6 Å². The van der Waals surface area contributed by atoms with Gasteiger partial charge in [-0.05, 0) is 11.4 Å². The second-order valence-corrected chi connectivity index (χ2v) is 5.57. The van der Waals surface area contributed by atoms with Crippen LogP contribution in [0.3, 0.4) is 0 Å². The van der Waals surface area contributed by atoms with Gasteiger partial charge in [0.25, 0.3) is 5.91 Å². The van der Waals surface area contributed by atoms with Gasteiger partial charge in [0, 0.05) is 11.8 Å². The number of thioether (sulfide) groups is 1. The maximum atomic E-state index is 11.9. The van der Waals surface area contributed by atoms with Gasteiger partial charge < -0.3 is 4.52 Å². The molecule has 0 aliphatic carbocycles. The Balaban J connectivity index is 1.74. The first-order valence-electron chi connectivity index (χ1n) is 5.32. The fourth-order valence-electron chi connectivity index (χ4n) is 1.49. The molecule has 5 nitrogen and oxygen atoms in total. The number of amidine groups is 1. The number of nitrogens with zero attached hydrogens (tertiary/aromatic N) is 2. The number of nitrogens with one attached hydrogen (secondary N) is 1. The minimum atomic E-state index is -0.283. The number of hydrogen-bond donors (Lipinski definition) is 1. The number of aromatic nitrogens is 1. The topological polar surface area (TPSA) is 67.5 Å². The zero-order valence-electron chi connectivity index (χ0n) is 9.25. The van der Waals surface area contributed by atoms with Gasteiger partial charge in [-0.2, -0.15) is 0 Å². The summed E-state index contributed by atoms with van der Waals surface area (Å²) in [6.07, 6.45) is 0. The largest absolute Gasteiger partial charge is 0.355 e. The second-order valence-electron chi connectivity index (χ2n) is 3.54. The number of amides is 1. The van der Waals surface area contributed by atoms with Crippen molar-refractivity contribution >= 4 is 34.2 Å². The Bertz CT molecular complexity index is 589. The number of carbonyl (C=O) groups is 1. The van der Waals surface area contributed by atoms with Crippen molar-refractivity contribution in [3.05, 3.63) is 29.3 Å². The van der Waals surface area contributed by atoms with Crippen LogP contribution in [0.4, 0.5) is 0 Å². The van der Waals surface area contributed by atoms with Gasteiger partial charge in [-0.1, -0.05) is 23.0 Å². The van der Waals surface area contributed by atoms with E-state index in [2.05, 4.69) is 15.5 Å². The highest BCUT2D eigenvalue weighted by molar-refractivity contribution is 8.14. The zero-order valence-corrected chi connectivity index (χ0v) is 10.9. The molecule has 7 heteroatoms. The van der Waals surface area contributed by atoms with Gasteiger partial charge in [-0.15, -0.1) is 11.3 Å². The highest BCUT2D eigenvalue weighted by Gasteiger charge is 2.17. The van der Waals surface area contributed by atoms with Gasteiger partial charge in [-0.25, -0.2) is 0 Å². The first-order valence-corrected chi connectivity index (χ1v) is 7.18. The Hall–Kier alpha value is -1.60. The fraction of sp³-hybridized carbons (Fsp3) is 0.182. The number of aliphatic imine (C=N–C) groups is 1. The molecular formula is C11H9N3O2S2. The van der Waals surface area contributed by atoms with Crippen LogP contribution in [0.2, 0.25) is 0 Å². The summed E-state index contributed by atoms with van der Waals surface area (Å²) in [4.78, 5) is 17.0. The van der Waals surface area contributed by atoms with Gasteiger partial charge in [-0.3, -0.25) is 15.1 Å². The lowest BCUT2D eigenvalue weighted by atomic mass is 10.3. The van der Waals surface area contributed by atoms with Crippen LogP contribution in [-0.2, 0) is 0 Å². The van der Waals surface area contributed by atoms with Gasteiger partial charge in [0.2, 0.25) is 0 Å². The minimum absolute atomic E-state index is 0.272. The van der Waals surface area contributed by atoms with Crippen LogP contribution in [0.15, 0.2) is 33.1 Å². The summed E-state index contributed by atoms with van der Waals surface area (Å²) in [7, 11) is 0. The molecule has 0 unspecified atom stereocenters. The Kier molecular flexibility index (Phi) is 3.16. The Morgan fingerprint density at radius 2 is 2.44 bits per heavy atom. The molecule has 1 amide bonds. The lowest BCUT2D eigenvalue weighted by Crippen LogP contribution is -2.27. The Labute approximate surface area is 111 Å². The SMILES string of the molecule is O=C(NC1=NCCS1)c1cc(-c2cccs2)on1. The molecule has 0 aromatic carbocycles. The number of thiophene rings is 1. The maximum Gasteiger partial charge on any atom is 0.279 e. The van der Waals surface area contributed by atoms with E-state index in [-0.39, 0.29) is 11.6 Å². The van der Waals surface area contributed by atoms with Crippen molar-refractivity contribution in [2.45, 2.75) is 0 Å². The highest BCUT2D eigenvalue weighted by atomic mass is 32.2. The third kappa shape index (κ3) is 2.32. The average Bonchev–Trinajstić information content (AvgIpc) is 3.11. The molecule has 3 rings (SSSR count). The molecule has 18 heavy (non-hydrogen) atoms. The normalized spacial score (nSPS) is 14.6. The molecule has 92 valence electrons. The smallest absolute Gasteiger partial charge is 0.279 e.